The van der Waals surface area contributed by atoms with Crippen LogP contribution in [-0.4, -0.2) is 6.29 Å². The third-order valence-corrected chi connectivity index (χ3v) is 2.10. The van der Waals surface area contributed by atoms with E-state index in [1.54, 1.807) is 6.08 Å². The minimum Gasteiger partial charge on any atom is -0.299 e. The van der Waals surface area contributed by atoms with E-state index in [0.717, 1.165) is 12.7 Å². The second kappa shape index (κ2) is 12.2. The van der Waals surface area contributed by atoms with Crippen LogP contribution in [0.2, 0.25) is 0 Å². The molecular weight excluding hydrogens is 172 g/mol. The van der Waals surface area contributed by atoms with Gasteiger partial charge in [-0.15, -0.1) is 0 Å². The zero-order valence-electron chi connectivity index (χ0n) is 9.24. The molecule has 0 aliphatic rings. The zero-order chi connectivity index (χ0) is 10.5. The van der Waals surface area contributed by atoms with Gasteiger partial charge in [-0.3, -0.25) is 4.79 Å². The van der Waals surface area contributed by atoms with Crippen LogP contribution in [0.25, 0.3) is 0 Å². The molecule has 0 spiro atoms. The van der Waals surface area contributed by atoms with Crippen LogP contribution >= 0.6 is 0 Å². The molecule has 0 aromatic rings. The van der Waals surface area contributed by atoms with Gasteiger partial charge in [0.15, 0.2) is 0 Å². The van der Waals surface area contributed by atoms with Crippen LogP contribution in [0.3, 0.4) is 0 Å². The molecule has 0 aliphatic carbocycles. The maximum atomic E-state index is 9.94. The molecule has 0 unspecified atom stereocenters. The first-order valence-electron chi connectivity index (χ1n) is 5.67. The highest BCUT2D eigenvalue weighted by atomic mass is 16.1. The fourth-order valence-electron chi connectivity index (χ4n) is 1.23. The Morgan fingerprint density at radius 2 is 1.43 bits per heavy atom. The summed E-state index contributed by atoms with van der Waals surface area (Å²) >= 11 is 0. The molecule has 14 heavy (non-hydrogen) atoms. The van der Waals surface area contributed by atoms with Crippen molar-refractivity contribution in [3.05, 3.63) is 24.3 Å². The second-order valence-electron chi connectivity index (χ2n) is 3.46. The Labute approximate surface area is 87.9 Å². The molecule has 0 radical (unpaired) electrons. The van der Waals surface area contributed by atoms with Gasteiger partial charge in [0.05, 0.1) is 0 Å². The summed E-state index contributed by atoms with van der Waals surface area (Å²) < 4.78 is 0. The largest absolute Gasteiger partial charge is 0.299 e. The van der Waals surface area contributed by atoms with Gasteiger partial charge in [-0.05, 0) is 38.2 Å². The molecule has 0 N–H and O–H groups in total. The molecule has 1 nitrogen and oxygen atoms in total. The maximum Gasteiger partial charge on any atom is 0.142 e. The smallest absolute Gasteiger partial charge is 0.142 e. The Balaban J connectivity index is 3.08. The fourth-order valence-corrected chi connectivity index (χ4v) is 1.23. The van der Waals surface area contributed by atoms with Gasteiger partial charge in [0.25, 0.3) is 0 Å². The first-order valence-corrected chi connectivity index (χ1v) is 5.67. The predicted molar refractivity (Wildman–Crippen MR) is 62.3 cm³/mol. The monoisotopic (exact) mass is 194 g/mol. The molecule has 1 heteroatoms. The van der Waals surface area contributed by atoms with E-state index >= 15 is 0 Å². The summed E-state index contributed by atoms with van der Waals surface area (Å²) in [5.74, 6) is 0. The lowest BCUT2D eigenvalue weighted by Gasteiger charge is -1.92. The normalized spacial score (nSPS) is 11.5. The van der Waals surface area contributed by atoms with E-state index in [1.165, 1.54) is 38.5 Å². The summed E-state index contributed by atoms with van der Waals surface area (Å²) in [6, 6.07) is 0. The Bertz CT molecular complexity index is 168. The van der Waals surface area contributed by atoms with E-state index in [0.29, 0.717) is 0 Å². The van der Waals surface area contributed by atoms with Gasteiger partial charge in [0.2, 0.25) is 0 Å². The Hall–Kier alpha value is -0.850. The minimum absolute atomic E-state index is 0.838. The van der Waals surface area contributed by atoms with Crippen LogP contribution in [0.15, 0.2) is 24.3 Å². The molecular formula is C13H22O. The van der Waals surface area contributed by atoms with Crippen molar-refractivity contribution in [3.8, 4) is 0 Å². The number of hydrogen-bond donors (Lipinski definition) is 0. The van der Waals surface area contributed by atoms with E-state index in [1.807, 2.05) is 6.08 Å². The van der Waals surface area contributed by atoms with E-state index in [4.69, 9.17) is 0 Å². The lowest BCUT2D eigenvalue weighted by atomic mass is 10.1. The predicted octanol–water partition coefficient (Wildman–Crippen LogP) is 4.05. The quantitative estimate of drug-likeness (QED) is 0.234. The van der Waals surface area contributed by atoms with Crippen molar-refractivity contribution < 1.29 is 4.79 Å². The van der Waals surface area contributed by atoms with Gasteiger partial charge in [-0.2, -0.15) is 0 Å². The molecule has 0 amide bonds. The first kappa shape index (κ1) is 13.2. The highest BCUT2D eigenvalue weighted by Crippen LogP contribution is 2.03. The van der Waals surface area contributed by atoms with Gasteiger partial charge in [-0.1, -0.05) is 38.0 Å². The molecule has 0 fully saturated rings. The number of unbranched alkanes of at least 4 members (excludes halogenated alkanes) is 5. The van der Waals surface area contributed by atoms with Crippen LogP contribution in [0, 0.1) is 0 Å². The topological polar surface area (TPSA) is 17.1 Å². The van der Waals surface area contributed by atoms with Crippen molar-refractivity contribution in [2.45, 2.75) is 51.9 Å². The average Bonchev–Trinajstić information content (AvgIpc) is 2.21. The molecule has 0 saturated heterocycles. The van der Waals surface area contributed by atoms with Crippen LogP contribution in [0.5, 0.6) is 0 Å². The summed E-state index contributed by atoms with van der Waals surface area (Å²) in [6.07, 6.45) is 17.3. The summed E-state index contributed by atoms with van der Waals surface area (Å²) in [7, 11) is 0. The highest BCUT2D eigenvalue weighted by Gasteiger charge is 1.83. The van der Waals surface area contributed by atoms with E-state index < -0.39 is 0 Å². The molecule has 80 valence electrons. The summed E-state index contributed by atoms with van der Waals surface area (Å²) in [5, 5.41) is 0. The van der Waals surface area contributed by atoms with E-state index in [9.17, 15) is 4.79 Å². The number of carbonyl (C=O) groups is 1. The summed E-state index contributed by atoms with van der Waals surface area (Å²) in [6.45, 7) is 2.22. The Morgan fingerprint density at radius 3 is 2.00 bits per heavy atom. The Kier molecular flexibility index (Phi) is 11.4. The van der Waals surface area contributed by atoms with Gasteiger partial charge >= 0.3 is 0 Å². The van der Waals surface area contributed by atoms with Gasteiger partial charge in [0, 0.05) is 0 Å². The van der Waals surface area contributed by atoms with Crippen LogP contribution < -0.4 is 0 Å². The van der Waals surface area contributed by atoms with E-state index in [2.05, 4.69) is 19.1 Å². The van der Waals surface area contributed by atoms with Crippen molar-refractivity contribution in [2.24, 2.45) is 0 Å². The van der Waals surface area contributed by atoms with Crippen LogP contribution in [0.1, 0.15) is 51.9 Å². The van der Waals surface area contributed by atoms with Crippen molar-refractivity contribution in [1.29, 1.82) is 0 Å². The first-order chi connectivity index (χ1) is 6.91. The van der Waals surface area contributed by atoms with Crippen molar-refractivity contribution in [2.75, 3.05) is 0 Å². The molecule has 0 aliphatic heterocycles. The zero-order valence-corrected chi connectivity index (χ0v) is 9.24. The van der Waals surface area contributed by atoms with Crippen LogP contribution in [-0.2, 0) is 4.79 Å². The average molecular weight is 194 g/mol. The minimum atomic E-state index is 0.838. The lowest BCUT2D eigenvalue weighted by molar-refractivity contribution is -0.104. The van der Waals surface area contributed by atoms with Crippen LogP contribution in [0.4, 0.5) is 0 Å². The highest BCUT2D eigenvalue weighted by molar-refractivity contribution is 5.64. The standard InChI is InChI=1S/C13H22O/c1-2-3-4-5-6-7-8-9-10-11-12-13-14/h5-6,11-13H,2-4,7-10H2,1H3. The van der Waals surface area contributed by atoms with Crippen molar-refractivity contribution >= 4 is 6.29 Å². The number of hydrogen-bond acceptors (Lipinski definition) is 1. The summed E-state index contributed by atoms with van der Waals surface area (Å²) in [5.41, 5.74) is 0. The van der Waals surface area contributed by atoms with Gasteiger partial charge in [-0.25, -0.2) is 0 Å². The molecule has 0 aromatic heterocycles. The van der Waals surface area contributed by atoms with E-state index in [-0.39, 0.29) is 0 Å². The molecule has 0 atom stereocenters. The third kappa shape index (κ3) is 11.2. The third-order valence-electron chi connectivity index (χ3n) is 2.10. The summed E-state index contributed by atoms with van der Waals surface area (Å²) in [4.78, 5) is 9.94. The fraction of sp³-hybridized carbons (Fsp3) is 0.615. The molecule has 0 bridgehead atoms. The van der Waals surface area contributed by atoms with Crippen molar-refractivity contribution in [3.63, 3.8) is 0 Å². The lowest BCUT2D eigenvalue weighted by Crippen LogP contribution is -1.73. The second-order valence-corrected chi connectivity index (χ2v) is 3.46. The Morgan fingerprint density at radius 1 is 0.857 bits per heavy atom. The molecule has 0 rings (SSSR count). The maximum absolute atomic E-state index is 9.94. The van der Waals surface area contributed by atoms with Gasteiger partial charge in [0.1, 0.15) is 6.29 Å². The number of carbonyl (C=O) groups excluding carboxylic acids is 1. The molecule has 0 saturated carbocycles. The van der Waals surface area contributed by atoms with Crippen molar-refractivity contribution in [1.82, 2.24) is 0 Å². The number of rotatable bonds is 9. The SMILES string of the molecule is CCCCC=CCCCCC=CC=O. The molecule has 0 aromatic carbocycles. The van der Waals surface area contributed by atoms with Gasteiger partial charge < -0.3 is 0 Å². The number of allylic oxidation sites excluding steroid dienone is 4. The number of aldehydes is 1. The molecule has 0 heterocycles.